The van der Waals surface area contributed by atoms with E-state index in [-0.39, 0.29) is 11.5 Å². The van der Waals surface area contributed by atoms with E-state index in [0.717, 1.165) is 11.3 Å². The number of ether oxygens (including phenoxy) is 1. The van der Waals surface area contributed by atoms with Crippen molar-refractivity contribution in [2.24, 2.45) is 0 Å². The molecule has 22 heavy (non-hydrogen) atoms. The topological polar surface area (TPSA) is 51.4 Å². The molecule has 0 bridgehead atoms. The van der Waals surface area contributed by atoms with Gasteiger partial charge in [-0.15, -0.1) is 0 Å². The highest BCUT2D eigenvalue weighted by Crippen LogP contribution is 2.29. The van der Waals surface area contributed by atoms with Crippen LogP contribution in [0, 0.1) is 0 Å². The van der Waals surface area contributed by atoms with Gasteiger partial charge in [0, 0.05) is 17.0 Å². The number of hydrogen-bond donors (Lipinski definition) is 0. The molecule has 1 heterocycles. The number of hydrogen-bond acceptors (Lipinski definition) is 5. The maximum Gasteiger partial charge on any atom is 0.232 e. The number of rotatable bonds is 5. The zero-order valence-corrected chi connectivity index (χ0v) is 14.3. The average molecular weight is 303 g/mol. The Morgan fingerprint density at radius 3 is 2.55 bits per heavy atom. The van der Waals surface area contributed by atoms with Crippen molar-refractivity contribution >= 4 is 0 Å². The van der Waals surface area contributed by atoms with Crippen molar-refractivity contribution in [3.05, 3.63) is 41.5 Å². The largest absolute Gasteiger partial charge is 0.496 e. The first-order valence-electron chi connectivity index (χ1n) is 7.49. The summed E-state index contributed by atoms with van der Waals surface area (Å²) in [6.45, 7) is 8.95. The summed E-state index contributed by atoms with van der Waals surface area (Å²) in [6, 6.07) is 8.24. The predicted molar refractivity (Wildman–Crippen MR) is 85.9 cm³/mol. The van der Waals surface area contributed by atoms with E-state index >= 15 is 0 Å². The highest BCUT2D eigenvalue weighted by molar-refractivity contribution is 5.35. The third-order valence-corrected chi connectivity index (χ3v) is 3.75. The lowest BCUT2D eigenvalue weighted by molar-refractivity contribution is 0.236. The number of aromatic nitrogens is 2. The summed E-state index contributed by atoms with van der Waals surface area (Å²) in [5.41, 5.74) is 1.02. The molecule has 2 rings (SSSR count). The minimum Gasteiger partial charge on any atom is -0.496 e. The van der Waals surface area contributed by atoms with E-state index in [1.165, 1.54) is 0 Å². The van der Waals surface area contributed by atoms with Crippen molar-refractivity contribution in [3.8, 4) is 5.75 Å². The van der Waals surface area contributed by atoms with Gasteiger partial charge in [-0.1, -0.05) is 44.1 Å². The molecule has 5 nitrogen and oxygen atoms in total. The van der Waals surface area contributed by atoms with Gasteiger partial charge in [0.15, 0.2) is 5.82 Å². The lowest BCUT2D eigenvalue weighted by Crippen LogP contribution is -2.23. The summed E-state index contributed by atoms with van der Waals surface area (Å²) in [7, 11) is 3.74. The van der Waals surface area contributed by atoms with E-state index in [0.29, 0.717) is 18.3 Å². The van der Waals surface area contributed by atoms with Crippen molar-refractivity contribution in [2.75, 3.05) is 14.2 Å². The van der Waals surface area contributed by atoms with Crippen LogP contribution in [0.3, 0.4) is 0 Å². The van der Waals surface area contributed by atoms with Crippen molar-refractivity contribution < 1.29 is 9.26 Å². The molecule has 0 N–H and O–H groups in total. The maximum atomic E-state index is 5.44. The third-order valence-electron chi connectivity index (χ3n) is 3.75. The molecule has 0 aliphatic carbocycles. The number of methoxy groups -OCH3 is 1. The fourth-order valence-corrected chi connectivity index (χ4v) is 2.23. The Morgan fingerprint density at radius 2 is 1.95 bits per heavy atom. The van der Waals surface area contributed by atoms with Crippen molar-refractivity contribution in [1.82, 2.24) is 15.0 Å². The molecule has 5 heteroatoms. The lowest BCUT2D eigenvalue weighted by Gasteiger charge is -2.25. The number of para-hydroxylation sites is 1. The minimum absolute atomic E-state index is 0.127. The smallest absolute Gasteiger partial charge is 0.232 e. The van der Waals surface area contributed by atoms with Crippen LogP contribution < -0.4 is 4.74 Å². The monoisotopic (exact) mass is 303 g/mol. The molecule has 0 aliphatic heterocycles. The Hall–Kier alpha value is -1.88. The standard InChI is InChI=1S/C17H25N3O2/c1-12(13-9-7-8-10-14(13)21-6)20(5)11-15-18-16(22-19-15)17(2,3)4/h7-10,12H,11H2,1-6H3/t12-/m0/s1. The third kappa shape index (κ3) is 3.65. The van der Waals surface area contributed by atoms with Crippen LogP contribution >= 0.6 is 0 Å². The molecule has 120 valence electrons. The van der Waals surface area contributed by atoms with E-state index in [4.69, 9.17) is 9.26 Å². The fraction of sp³-hybridized carbons (Fsp3) is 0.529. The summed E-state index contributed by atoms with van der Waals surface area (Å²) in [6.07, 6.45) is 0. The highest BCUT2D eigenvalue weighted by Gasteiger charge is 2.23. The van der Waals surface area contributed by atoms with Gasteiger partial charge in [-0.05, 0) is 20.0 Å². The Bertz CT molecular complexity index is 616. The van der Waals surface area contributed by atoms with Crippen LogP contribution in [-0.2, 0) is 12.0 Å². The van der Waals surface area contributed by atoms with Gasteiger partial charge in [-0.2, -0.15) is 4.98 Å². The molecule has 0 radical (unpaired) electrons. The van der Waals surface area contributed by atoms with Crippen LogP contribution in [0.1, 0.15) is 51.0 Å². The van der Waals surface area contributed by atoms with Crippen molar-refractivity contribution in [2.45, 2.75) is 45.7 Å². The van der Waals surface area contributed by atoms with Gasteiger partial charge < -0.3 is 9.26 Å². The van der Waals surface area contributed by atoms with Crippen LogP contribution in [0.15, 0.2) is 28.8 Å². The van der Waals surface area contributed by atoms with E-state index in [2.05, 4.69) is 48.8 Å². The molecule has 0 spiro atoms. The molecule has 0 aliphatic rings. The fourth-order valence-electron chi connectivity index (χ4n) is 2.23. The van der Waals surface area contributed by atoms with Crippen LogP contribution in [-0.4, -0.2) is 29.2 Å². The van der Waals surface area contributed by atoms with Gasteiger partial charge in [-0.25, -0.2) is 0 Å². The van der Waals surface area contributed by atoms with Gasteiger partial charge in [0.25, 0.3) is 0 Å². The summed E-state index contributed by atoms with van der Waals surface area (Å²) in [5.74, 6) is 2.26. The van der Waals surface area contributed by atoms with Gasteiger partial charge in [0.2, 0.25) is 5.89 Å². The molecule has 0 saturated heterocycles. The van der Waals surface area contributed by atoms with Gasteiger partial charge in [-0.3, -0.25) is 4.90 Å². The van der Waals surface area contributed by atoms with Crippen LogP contribution in [0.4, 0.5) is 0 Å². The first kappa shape index (κ1) is 16.5. The van der Waals surface area contributed by atoms with Gasteiger partial charge in [0.05, 0.1) is 13.7 Å². The Balaban J connectivity index is 2.11. The quantitative estimate of drug-likeness (QED) is 0.845. The molecule has 1 atom stereocenters. The minimum atomic E-state index is -0.127. The second-order valence-corrected chi connectivity index (χ2v) is 6.60. The second-order valence-electron chi connectivity index (χ2n) is 6.60. The molecule has 1 aromatic heterocycles. The van der Waals surface area contributed by atoms with E-state index < -0.39 is 0 Å². The molecule has 0 amide bonds. The number of nitrogens with zero attached hydrogens (tertiary/aromatic N) is 3. The first-order chi connectivity index (χ1) is 10.3. The zero-order valence-electron chi connectivity index (χ0n) is 14.3. The molecular weight excluding hydrogens is 278 g/mol. The molecule has 0 saturated carbocycles. The summed E-state index contributed by atoms with van der Waals surface area (Å²) in [5, 5.41) is 4.08. The van der Waals surface area contributed by atoms with Crippen LogP contribution in [0.25, 0.3) is 0 Å². The summed E-state index contributed by atoms with van der Waals surface area (Å²) < 4.78 is 10.8. The average Bonchev–Trinajstić information content (AvgIpc) is 2.95. The lowest BCUT2D eigenvalue weighted by atomic mass is 9.97. The van der Waals surface area contributed by atoms with Crippen molar-refractivity contribution in [1.29, 1.82) is 0 Å². The zero-order chi connectivity index (χ0) is 16.3. The van der Waals surface area contributed by atoms with E-state index in [1.807, 2.05) is 25.2 Å². The summed E-state index contributed by atoms with van der Waals surface area (Å²) in [4.78, 5) is 6.67. The molecule has 2 aromatic rings. The van der Waals surface area contributed by atoms with Crippen LogP contribution in [0.2, 0.25) is 0 Å². The Labute approximate surface area is 132 Å². The molecule has 0 unspecified atom stereocenters. The Kier molecular flexibility index (Phi) is 4.86. The first-order valence-corrected chi connectivity index (χ1v) is 7.49. The van der Waals surface area contributed by atoms with Gasteiger partial charge >= 0.3 is 0 Å². The summed E-state index contributed by atoms with van der Waals surface area (Å²) >= 11 is 0. The van der Waals surface area contributed by atoms with Crippen molar-refractivity contribution in [3.63, 3.8) is 0 Å². The SMILES string of the molecule is COc1ccccc1[C@H](C)N(C)Cc1noc(C(C)(C)C)n1. The van der Waals surface area contributed by atoms with Crippen LogP contribution in [0.5, 0.6) is 5.75 Å². The second kappa shape index (κ2) is 6.48. The predicted octanol–water partition coefficient (Wildman–Crippen LogP) is 3.57. The molecule has 0 fully saturated rings. The molecule has 1 aromatic carbocycles. The normalized spacial score (nSPS) is 13.4. The van der Waals surface area contributed by atoms with E-state index in [1.54, 1.807) is 7.11 Å². The van der Waals surface area contributed by atoms with Gasteiger partial charge in [0.1, 0.15) is 5.75 Å². The maximum absolute atomic E-state index is 5.44. The Morgan fingerprint density at radius 1 is 1.27 bits per heavy atom. The number of benzene rings is 1. The molecular formula is C17H25N3O2. The van der Waals surface area contributed by atoms with E-state index in [9.17, 15) is 0 Å². The highest BCUT2D eigenvalue weighted by atomic mass is 16.5.